The Balaban J connectivity index is 2.01. The van der Waals surface area contributed by atoms with Gasteiger partial charge in [0.2, 0.25) is 5.13 Å². The van der Waals surface area contributed by atoms with Gasteiger partial charge < -0.3 is 9.84 Å². The van der Waals surface area contributed by atoms with Gasteiger partial charge >= 0.3 is 12.1 Å². The second kappa shape index (κ2) is 6.69. The lowest BCUT2D eigenvalue weighted by atomic mass is 10.0. The molecule has 0 saturated carbocycles. The maximum atomic E-state index is 13.6. The molecule has 2 aromatic rings. The molecule has 6 nitrogen and oxygen atoms in total. The van der Waals surface area contributed by atoms with Crippen LogP contribution in [-0.2, 0) is 4.74 Å². The number of hydrogen-bond acceptors (Lipinski definition) is 7. The molecule has 138 valence electrons. The van der Waals surface area contributed by atoms with E-state index in [1.807, 2.05) is 0 Å². The van der Waals surface area contributed by atoms with Crippen LogP contribution in [0.25, 0.3) is 0 Å². The number of halogens is 3. The lowest BCUT2D eigenvalue weighted by Crippen LogP contribution is -2.55. The molecule has 0 fully saturated rings. The number of aromatic nitrogens is 1. The maximum absolute atomic E-state index is 13.6. The van der Waals surface area contributed by atoms with Crippen LogP contribution in [0.1, 0.15) is 29.4 Å². The smallest absolute Gasteiger partial charge is 0.438 e. The molecule has 1 N–H and O–H groups in total. The highest BCUT2D eigenvalue weighted by Gasteiger charge is 2.62. The molecule has 2 heterocycles. The van der Waals surface area contributed by atoms with Crippen molar-refractivity contribution in [3.63, 3.8) is 0 Å². The van der Waals surface area contributed by atoms with Gasteiger partial charge in [0, 0.05) is 5.38 Å². The number of thiazole rings is 1. The van der Waals surface area contributed by atoms with Gasteiger partial charge in [0.15, 0.2) is 5.69 Å². The summed E-state index contributed by atoms with van der Waals surface area (Å²) in [5.74, 6) is -0.753. The summed E-state index contributed by atoms with van der Waals surface area (Å²) in [6.07, 6.45) is -5.74. The standard InChI is InChI=1S/C16H14F3N3O3S/c1-2-25-13(23)12-9-26-14(20-12)22-15(24,16(17,18)19)8-11(21-22)10-6-4-3-5-7-10/h3-7,9,24H,2,8H2,1H3/t15-/m0/s1. The van der Waals surface area contributed by atoms with Crippen LogP contribution in [0.3, 0.4) is 0 Å². The van der Waals surface area contributed by atoms with Crippen LogP contribution in [0.15, 0.2) is 40.8 Å². The van der Waals surface area contributed by atoms with Gasteiger partial charge in [-0.15, -0.1) is 11.3 Å². The fraction of sp³-hybridized carbons (Fsp3) is 0.312. The summed E-state index contributed by atoms with van der Waals surface area (Å²) in [4.78, 5) is 15.6. The summed E-state index contributed by atoms with van der Waals surface area (Å²) in [5, 5.41) is 15.7. The van der Waals surface area contributed by atoms with Crippen molar-refractivity contribution >= 4 is 28.1 Å². The topological polar surface area (TPSA) is 75.0 Å². The third kappa shape index (κ3) is 3.17. The number of rotatable bonds is 4. The van der Waals surface area contributed by atoms with Crippen molar-refractivity contribution in [2.24, 2.45) is 5.10 Å². The minimum absolute atomic E-state index is 0.0679. The molecule has 0 saturated heterocycles. The fourth-order valence-corrected chi connectivity index (χ4v) is 3.23. The van der Waals surface area contributed by atoms with Crippen molar-refractivity contribution in [1.29, 1.82) is 0 Å². The van der Waals surface area contributed by atoms with Crippen LogP contribution in [0.5, 0.6) is 0 Å². The van der Waals surface area contributed by atoms with Crippen LogP contribution >= 0.6 is 11.3 Å². The first-order valence-electron chi connectivity index (χ1n) is 7.61. The van der Waals surface area contributed by atoms with Crippen LogP contribution in [0.4, 0.5) is 18.3 Å². The zero-order valence-electron chi connectivity index (χ0n) is 13.5. The van der Waals surface area contributed by atoms with Gasteiger partial charge in [-0.05, 0) is 12.5 Å². The van der Waals surface area contributed by atoms with Crippen LogP contribution in [-0.4, -0.2) is 40.3 Å². The van der Waals surface area contributed by atoms with E-state index in [0.29, 0.717) is 10.6 Å². The van der Waals surface area contributed by atoms with Crippen molar-refractivity contribution in [2.45, 2.75) is 25.2 Å². The maximum Gasteiger partial charge on any atom is 0.438 e. The number of anilines is 1. The van der Waals surface area contributed by atoms with E-state index in [1.165, 1.54) is 5.38 Å². The number of hydrogen-bond donors (Lipinski definition) is 1. The molecule has 0 aliphatic carbocycles. The molecule has 3 rings (SSSR count). The number of esters is 1. The second-order valence-corrected chi connectivity index (χ2v) is 6.29. The van der Waals surface area contributed by atoms with E-state index in [2.05, 4.69) is 10.1 Å². The molecule has 26 heavy (non-hydrogen) atoms. The first-order chi connectivity index (χ1) is 12.3. The van der Waals surface area contributed by atoms with E-state index >= 15 is 0 Å². The summed E-state index contributed by atoms with van der Waals surface area (Å²) in [6, 6.07) is 8.25. The highest BCUT2D eigenvalue weighted by atomic mass is 32.1. The van der Waals surface area contributed by atoms with Crippen molar-refractivity contribution in [3.8, 4) is 0 Å². The van der Waals surface area contributed by atoms with Crippen molar-refractivity contribution in [2.75, 3.05) is 11.6 Å². The third-order valence-electron chi connectivity index (χ3n) is 3.70. The molecular weight excluding hydrogens is 371 g/mol. The predicted molar refractivity (Wildman–Crippen MR) is 89.2 cm³/mol. The van der Waals surface area contributed by atoms with E-state index in [0.717, 1.165) is 11.3 Å². The van der Waals surface area contributed by atoms with Gasteiger partial charge in [-0.2, -0.15) is 23.3 Å². The average Bonchev–Trinajstić information content (AvgIpc) is 3.20. The molecule has 1 aromatic heterocycles. The van der Waals surface area contributed by atoms with Gasteiger partial charge in [0.05, 0.1) is 18.7 Å². The molecule has 10 heteroatoms. The minimum atomic E-state index is -4.98. The van der Waals surface area contributed by atoms with Crippen molar-refractivity contribution in [1.82, 2.24) is 4.98 Å². The third-order valence-corrected chi connectivity index (χ3v) is 4.52. The predicted octanol–water partition coefficient (Wildman–Crippen LogP) is 3.19. The summed E-state index contributed by atoms with van der Waals surface area (Å²) in [6.45, 7) is 1.71. The Labute approximate surface area is 150 Å². The monoisotopic (exact) mass is 385 g/mol. The van der Waals surface area contributed by atoms with E-state index in [4.69, 9.17) is 4.74 Å². The van der Waals surface area contributed by atoms with Gasteiger partial charge in [0.25, 0.3) is 5.72 Å². The number of carbonyl (C=O) groups excluding carboxylic acids is 1. The molecule has 0 bridgehead atoms. The lowest BCUT2D eigenvalue weighted by molar-refractivity contribution is -0.254. The lowest BCUT2D eigenvalue weighted by Gasteiger charge is -2.32. The first kappa shape index (κ1) is 18.3. The Kier molecular flexibility index (Phi) is 4.72. The molecule has 1 aliphatic heterocycles. The molecular formula is C16H14F3N3O3S. The summed E-state index contributed by atoms with van der Waals surface area (Å²) in [5.41, 5.74) is -2.86. The number of alkyl halides is 3. The highest BCUT2D eigenvalue weighted by molar-refractivity contribution is 7.14. The molecule has 1 aliphatic rings. The minimum Gasteiger partial charge on any atom is -0.461 e. The van der Waals surface area contributed by atoms with E-state index < -0.39 is 24.3 Å². The molecule has 1 aromatic carbocycles. The van der Waals surface area contributed by atoms with E-state index in [9.17, 15) is 23.1 Å². The van der Waals surface area contributed by atoms with Gasteiger partial charge in [-0.3, -0.25) is 0 Å². The Morgan fingerprint density at radius 2 is 2.08 bits per heavy atom. The largest absolute Gasteiger partial charge is 0.461 e. The zero-order valence-corrected chi connectivity index (χ0v) is 14.3. The second-order valence-electron chi connectivity index (χ2n) is 5.45. The van der Waals surface area contributed by atoms with Gasteiger partial charge in [0.1, 0.15) is 0 Å². The number of benzene rings is 1. The van der Waals surface area contributed by atoms with Gasteiger partial charge in [-0.1, -0.05) is 30.3 Å². The average molecular weight is 385 g/mol. The van der Waals surface area contributed by atoms with Crippen LogP contribution in [0.2, 0.25) is 0 Å². The number of hydrazone groups is 1. The number of carbonyl (C=O) groups is 1. The van der Waals surface area contributed by atoms with Crippen molar-refractivity contribution < 1.29 is 27.8 Å². The van der Waals surface area contributed by atoms with Crippen LogP contribution < -0.4 is 5.01 Å². The molecule has 0 unspecified atom stereocenters. The Morgan fingerprint density at radius 3 is 2.69 bits per heavy atom. The van der Waals surface area contributed by atoms with Crippen molar-refractivity contribution in [3.05, 3.63) is 47.0 Å². The summed E-state index contributed by atoms with van der Waals surface area (Å²) >= 11 is 0.764. The quantitative estimate of drug-likeness (QED) is 0.819. The highest BCUT2D eigenvalue weighted by Crippen LogP contribution is 2.44. The molecule has 0 amide bonds. The van der Waals surface area contributed by atoms with Crippen LogP contribution in [0, 0.1) is 0 Å². The summed E-state index contributed by atoms with van der Waals surface area (Å²) in [7, 11) is 0. The Bertz CT molecular complexity index is 838. The molecule has 1 atom stereocenters. The first-order valence-corrected chi connectivity index (χ1v) is 8.49. The SMILES string of the molecule is CCOC(=O)c1csc(N2N=C(c3ccccc3)C[C@]2(O)C(F)(F)F)n1. The van der Waals surface area contributed by atoms with E-state index in [-0.39, 0.29) is 23.1 Å². The normalized spacial score (nSPS) is 20.2. The number of aliphatic hydroxyl groups is 1. The Morgan fingerprint density at radius 1 is 1.38 bits per heavy atom. The molecule has 0 spiro atoms. The Hall–Kier alpha value is -2.46. The fourth-order valence-electron chi connectivity index (χ4n) is 2.42. The van der Waals surface area contributed by atoms with E-state index in [1.54, 1.807) is 37.3 Å². The number of nitrogens with zero attached hydrogens (tertiary/aromatic N) is 3. The molecule has 0 radical (unpaired) electrons. The zero-order chi connectivity index (χ0) is 18.9. The van der Waals surface area contributed by atoms with Gasteiger partial charge in [-0.25, -0.2) is 9.78 Å². The summed E-state index contributed by atoms with van der Waals surface area (Å²) < 4.78 is 45.5. The number of ether oxygens (including phenoxy) is 1.